The van der Waals surface area contributed by atoms with Gasteiger partial charge in [0.1, 0.15) is 0 Å². The predicted molar refractivity (Wildman–Crippen MR) is 201 cm³/mol. The Morgan fingerprint density at radius 2 is 1.64 bits per heavy atom. The van der Waals surface area contributed by atoms with Crippen molar-refractivity contribution in [2.24, 2.45) is 28.7 Å². The Morgan fingerprint density at radius 1 is 1.02 bits per heavy atom. The van der Waals surface area contributed by atoms with Crippen LogP contribution in [0.4, 0.5) is 0 Å². The molecule has 0 radical (unpaired) electrons. The van der Waals surface area contributed by atoms with Crippen LogP contribution in [0.5, 0.6) is 0 Å². The maximum atomic E-state index is 5.20. The highest BCUT2D eigenvalue weighted by atomic mass is 15.3. The van der Waals surface area contributed by atoms with Crippen molar-refractivity contribution in [2.75, 3.05) is 33.4 Å². The van der Waals surface area contributed by atoms with Crippen LogP contribution in [-0.2, 0) is 0 Å². The highest BCUT2D eigenvalue weighted by Crippen LogP contribution is 2.30. The van der Waals surface area contributed by atoms with Gasteiger partial charge in [-0.25, -0.2) is 0 Å². The third-order valence-corrected chi connectivity index (χ3v) is 8.62. The molecule has 1 saturated heterocycles. The first-order valence-electron chi connectivity index (χ1n) is 17.7. The van der Waals surface area contributed by atoms with Crippen LogP contribution in [0.1, 0.15) is 113 Å². The van der Waals surface area contributed by atoms with E-state index in [0.29, 0.717) is 17.8 Å². The molecule has 3 heteroatoms. The zero-order valence-electron chi connectivity index (χ0n) is 30.6. The van der Waals surface area contributed by atoms with Gasteiger partial charge in [0.25, 0.3) is 0 Å². The molecule has 1 aliphatic carbocycles. The van der Waals surface area contributed by atoms with Crippen LogP contribution < -0.4 is 0 Å². The van der Waals surface area contributed by atoms with E-state index >= 15 is 0 Å². The summed E-state index contributed by atoms with van der Waals surface area (Å²) in [6.07, 6.45) is 27.8. The Kier molecular flexibility index (Phi) is 24.7. The van der Waals surface area contributed by atoms with Gasteiger partial charge in [-0.05, 0) is 122 Å². The van der Waals surface area contributed by atoms with Crippen molar-refractivity contribution in [3.63, 3.8) is 0 Å². The van der Waals surface area contributed by atoms with Crippen LogP contribution >= 0.6 is 0 Å². The molecule has 0 aromatic rings. The topological polar surface area (TPSA) is 18.8 Å². The minimum Gasteiger partial charge on any atom is -0.293 e. The zero-order valence-corrected chi connectivity index (χ0v) is 30.6. The lowest BCUT2D eigenvalue weighted by molar-refractivity contribution is 0.111. The molecule has 250 valence electrons. The van der Waals surface area contributed by atoms with Gasteiger partial charge in [-0.3, -0.25) is 14.8 Å². The summed E-state index contributed by atoms with van der Waals surface area (Å²) in [5, 5.41) is 0. The van der Waals surface area contributed by atoms with E-state index in [9.17, 15) is 0 Å². The molecular weight excluding hydrogens is 534 g/mol. The van der Waals surface area contributed by atoms with Crippen LogP contribution in [0.15, 0.2) is 90.2 Å². The van der Waals surface area contributed by atoms with Crippen LogP contribution in [0.3, 0.4) is 0 Å². The Balaban J connectivity index is 0.00000206. The summed E-state index contributed by atoms with van der Waals surface area (Å²) < 4.78 is 0. The summed E-state index contributed by atoms with van der Waals surface area (Å²) >= 11 is 0. The second-order valence-corrected chi connectivity index (χ2v) is 12.8. The normalized spacial score (nSPS) is 24.8. The fourth-order valence-corrected chi connectivity index (χ4v) is 5.67. The molecule has 3 unspecified atom stereocenters. The number of nitrogens with zero attached hydrogens (tertiary/aromatic N) is 3. The third-order valence-electron chi connectivity index (χ3n) is 8.62. The molecule has 1 heterocycles. The molecule has 2 aliphatic rings. The van der Waals surface area contributed by atoms with Gasteiger partial charge >= 0.3 is 0 Å². The fraction of sp³-hybridized carbons (Fsp3) is 0.634. The number of likely N-dealkylation sites (tertiary alicyclic amines) is 1. The molecule has 1 aliphatic heterocycles. The summed E-state index contributed by atoms with van der Waals surface area (Å²) in [5.74, 6) is 2.58. The van der Waals surface area contributed by atoms with Gasteiger partial charge in [-0.1, -0.05) is 102 Å². The standard InChI is InChI=1S/C33H55N3.C6H10.C2H6/c1-9-11-12-13-32-22-26(3)14-15-27(4)23-33(29(6)24-32)34-30(7)28(5)16-19-35(8)25-36-20-17-31(10-2)18-21-36;1-3-5-6-4-2;1-2/h9,11-15,26-27,31-32H,5,10,16-25H2,1-4,6-8H3;3-4H,1-2,5-6H2;1-2H3/b11-9+,13-12-,15-14-,33-29+,34-30?;;. The Bertz CT molecular complexity index is 931. The van der Waals surface area contributed by atoms with E-state index in [1.165, 1.54) is 55.6 Å². The Hall–Kier alpha value is -2.23. The summed E-state index contributed by atoms with van der Waals surface area (Å²) in [6, 6.07) is 0. The van der Waals surface area contributed by atoms with E-state index < -0.39 is 0 Å². The van der Waals surface area contributed by atoms with Crippen LogP contribution in [-0.4, -0.2) is 48.9 Å². The predicted octanol–water partition coefficient (Wildman–Crippen LogP) is 11.6. The zero-order chi connectivity index (χ0) is 33.3. The molecule has 3 nitrogen and oxygen atoms in total. The van der Waals surface area contributed by atoms with Gasteiger partial charge in [-0.15, -0.1) is 13.2 Å². The first-order chi connectivity index (χ1) is 21.1. The molecule has 0 saturated carbocycles. The molecule has 0 aromatic carbocycles. The second-order valence-electron chi connectivity index (χ2n) is 12.8. The number of hydrogen-bond donors (Lipinski definition) is 0. The van der Waals surface area contributed by atoms with E-state index in [1.54, 1.807) is 0 Å². The smallest absolute Gasteiger partial charge is 0.0503 e. The van der Waals surface area contributed by atoms with Crippen molar-refractivity contribution in [3.05, 3.63) is 85.2 Å². The van der Waals surface area contributed by atoms with Crippen molar-refractivity contribution in [1.29, 1.82) is 0 Å². The maximum Gasteiger partial charge on any atom is 0.0503 e. The van der Waals surface area contributed by atoms with E-state index in [4.69, 9.17) is 4.99 Å². The molecule has 44 heavy (non-hydrogen) atoms. The summed E-state index contributed by atoms with van der Waals surface area (Å²) in [7, 11) is 2.25. The van der Waals surface area contributed by atoms with Gasteiger partial charge in [0, 0.05) is 18.0 Å². The minimum absolute atomic E-state index is 0.500. The maximum absolute atomic E-state index is 5.20. The molecule has 2 rings (SSSR count). The highest BCUT2D eigenvalue weighted by molar-refractivity contribution is 5.98. The molecule has 0 N–H and O–H groups in total. The first-order valence-corrected chi connectivity index (χ1v) is 17.7. The highest BCUT2D eigenvalue weighted by Gasteiger charge is 2.19. The van der Waals surface area contributed by atoms with Gasteiger partial charge < -0.3 is 0 Å². The number of allylic oxidation sites excluding steroid dienone is 10. The molecular formula is C41H71N3. The average molecular weight is 606 g/mol. The van der Waals surface area contributed by atoms with E-state index in [-0.39, 0.29) is 0 Å². The van der Waals surface area contributed by atoms with Crippen LogP contribution in [0, 0.1) is 23.7 Å². The van der Waals surface area contributed by atoms with Crippen molar-refractivity contribution >= 4 is 5.71 Å². The Labute approximate surface area is 275 Å². The van der Waals surface area contributed by atoms with E-state index in [1.807, 2.05) is 26.0 Å². The Morgan fingerprint density at radius 3 is 2.20 bits per heavy atom. The number of unbranched alkanes of at least 4 members (excludes halogenated alkanes) is 1. The van der Waals surface area contributed by atoms with Gasteiger partial charge in [0.15, 0.2) is 0 Å². The monoisotopic (exact) mass is 606 g/mol. The van der Waals surface area contributed by atoms with Crippen LogP contribution in [0.25, 0.3) is 0 Å². The first kappa shape index (κ1) is 41.8. The summed E-state index contributed by atoms with van der Waals surface area (Å²) in [6.45, 7) is 33.6. The SMILES string of the molecule is C=C(CCN(C)CN1CCC(CC)CC1)C(C)=N/C1=C(\C)CC(/C=C\C=C\C)CC(C)/C=C\C(C)C1.C=CCCC=C.CC. The van der Waals surface area contributed by atoms with E-state index in [0.717, 1.165) is 56.9 Å². The lowest BCUT2D eigenvalue weighted by Crippen LogP contribution is -2.41. The number of rotatable bonds is 13. The summed E-state index contributed by atoms with van der Waals surface area (Å²) in [4.78, 5) is 10.3. The molecule has 0 amide bonds. The van der Waals surface area contributed by atoms with Crippen molar-refractivity contribution in [1.82, 2.24) is 9.80 Å². The van der Waals surface area contributed by atoms with E-state index in [2.05, 4.69) is 115 Å². The molecule has 0 aromatic heterocycles. The second kappa shape index (κ2) is 26.0. The molecule has 1 fully saturated rings. The lowest BCUT2D eigenvalue weighted by Gasteiger charge is -2.34. The minimum atomic E-state index is 0.500. The fourth-order valence-electron chi connectivity index (χ4n) is 5.67. The summed E-state index contributed by atoms with van der Waals surface area (Å²) in [5.41, 5.74) is 4.96. The third kappa shape index (κ3) is 19.2. The van der Waals surface area contributed by atoms with Crippen molar-refractivity contribution < 1.29 is 0 Å². The van der Waals surface area contributed by atoms with Gasteiger partial charge in [-0.2, -0.15) is 0 Å². The molecule has 3 atom stereocenters. The molecule has 0 spiro atoms. The van der Waals surface area contributed by atoms with Crippen LogP contribution in [0.2, 0.25) is 0 Å². The van der Waals surface area contributed by atoms with Crippen molar-refractivity contribution in [2.45, 2.75) is 113 Å². The van der Waals surface area contributed by atoms with Crippen molar-refractivity contribution in [3.8, 4) is 0 Å². The quantitative estimate of drug-likeness (QED) is 0.0900. The number of hydrogen-bond acceptors (Lipinski definition) is 3. The number of piperidine rings is 1. The average Bonchev–Trinajstić information content (AvgIpc) is 3.02. The molecule has 0 bridgehead atoms. The lowest BCUT2D eigenvalue weighted by atomic mass is 9.86. The van der Waals surface area contributed by atoms with Gasteiger partial charge in [0.05, 0.1) is 6.67 Å². The largest absolute Gasteiger partial charge is 0.293 e. The van der Waals surface area contributed by atoms with Gasteiger partial charge in [0.2, 0.25) is 0 Å². The number of aliphatic imine (C=N–C) groups is 1.